The van der Waals surface area contributed by atoms with E-state index in [0.29, 0.717) is 17.7 Å². The number of pyridine rings is 1. The zero-order valence-corrected chi connectivity index (χ0v) is 10.3. The fraction of sp³-hybridized carbons (Fsp3) is 0.462. The Hall–Kier alpha value is -1.91. The molecule has 1 amide bonds. The molecular weight excluding hydrogens is 232 g/mol. The predicted molar refractivity (Wildman–Crippen MR) is 64.9 cm³/mol. The molecule has 1 atom stereocenters. The Labute approximate surface area is 106 Å². The molecule has 2 rings (SSSR count). The van der Waals surface area contributed by atoms with Crippen molar-refractivity contribution >= 4 is 11.9 Å². The van der Waals surface area contributed by atoms with Crippen molar-refractivity contribution in [2.75, 3.05) is 7.11 Å². The molecule has 0 unspecified atom stereocenters. The zero-order valence-electron chi connectivity index (χ0n) is 10.3. The van der Waals surface area contributed by atoms with E-state index in [4.69, 9.17) is 0 Å². The number of nitrogens with one attached hydrogen (secondary N) is 1. The summed E-state index contributed by atoms with van der Waals surface area (Å²) in [7, 11) is 1.34. The van der Waals surface area contributed by atoms with E-state index in [9.17, 15) is 9.59 Å². The average molecular weight is 248 g/mol. The van der Waals surface area contributed by atoms with Crippen LogP contribution in [-0.2, 0) is 9.53 Å². The minimum absolute atomic E-state index is 0.0442. The summed E-state index contributed by atoms with van der Waals surface area (Å²) in [4.78, 5) is 27.2. The molecular formula is C13H16N2O3. The number of esters is 1. The molecule has 1 aromatic rings. The van der Waals surface area contributed by atoms with Gasteiger partial charge in [0.2, 0.25) is 5.91 Å². The van der Waals surface area contributed by atoms with Crippen LogP contribution >= 0.6 is 0 Å². The van der Waals surface area contributed by atoms with Gasteiger partial charge in [0.15, 0.2) is 0 Å². The van der Waals surface area contributed by atoms with Crippen molar-refractivity contribution in [1.29, 1.82) is 0 Å². The number of carbonyl (C=O) groups excluding carboxylic acids is 2. The minimum atomic E-state index is -0.390. The first kappa shape index (κ1) is 12.5. The molecule has 0 aliphatic carbocycles. The van der Waals surface area contributed by atoms with Crippen LogP contribution in [0.5, 0.6) is 0 Å². The molecule has 1 aliphatic heterocycles. The highest BCUT2D eigenvalue weighted by molar-refractivity contribution is 5.89. The molecule has 96 valence electrons. The second-order valence-corrected chi connectivity index (χ2v) is 4.33. The molecule has 1 saturated heterocycles. The van der Waals surface area contributed by atoms with Gasteiger partial charge in [0, 0.05) is 12.6 Å². The summed E-state index contributed by atoms with van der Waals surface area (Å²) >= 11 is 0. The fourth-order valence-electron chi connectivity index (χ4n) is 2.08. The first-order chi connectivity index (χ1) is 8.70. The van der Waals surface area contributed by atoms with Gasteiger partial charge in [-0.05, 0) is 25.0 Å². The average Bonchev–Trinajstić information content (AvgIpc) is 2.62. The lowest BCUT2D eigenvalue weighted by Crippen LogP contribution is -2.26. The van der Waals surface area contributed by atoms with E-state index in [-0.39, 0.29) is 11.9 Å². The van der Waals surface area contributed by atoms with E-state index in [1.54, 1.807) is 18.3 Å². The second kappa shape index (κ2) is 5.62. The van der Waals surface area contributed by atoms with Crippen molar-refractivity contribution in [2.45, 2.75) is 31.7 Å². The summed E-state index contributed by atoms with van der Waals surface area (Å²) < 4.78 is 4.67. The maximum atomic E-state index is 11.5. The summed E-state index contributed by atoms with van der Waals surface area (Å²) in [6, 6.07) is 3.18. The largest absolute Gasteiger partial charge is 0.465 e. The smallest absolute Gasteiger partial charge is 0.337 e. The highest BCUT2D eigenvalue weighted by atomic mass is 16.5. The second-order valence-electron chi connectivity index (χ2n) is 4.33. The SMILES string of the molecule is COC(=O)c1ccnc([C@@H]2CCCCC(=O)N2)c1. The lowest BCUT2D eigenvalue weighted by Gasteiger charge is -2.15. The van der Waals surface area contributed by atoms with Crippen LogP contribution in [0.15, 0.2) is 18.3 Å². The third-order valence-electron chi connectivity index (χ3n) is 3.04. The van der Waals surface area contributed by atoms with Crippen LogP contribution < -0.4 is 5.32 Å². The van der Waals surface area contributed by atoms with E-state index >= 15 is 0 Å². The quantitative estimate of drug-likeness (QED) is 0.807. The van der Waals surface area contributed by atoms with Gasteiger partial charge < -0.3 is 10.1 Å². The summed E-state index contributed by atoms with van der Waals surface area (Å²) in [5, 5.41) is 2.93. The number of hydrogen-bond acceptors (Lipinski definition) is 4. The third-order valence-corrected chi connectivity index (χ3v) is 3.04. The van der Waals surface area contributed by atoms with E-state index in [0.717, 1.165) is 19.3 Å². The first-order valence-electron chi connectivity index (χ1n) is 6.04. The number of ether oxygens (including phenoxy) is 1. The van der Waals surface area contributed by atoms with E-state index < -0.39 is 5.97 Å². The monoisotopic (exact) mass is 248 g/mol. The van der Waals surface area contributed by atoms with Crippen LogP contribution in [0.3, 0.4) is 0 Å². The van der Waals surface area contributed by atoms with Crippen molar-refractivity contribution in [3.05, 3.63) is 29.6 Å². The van der Waals surface area contributed by atoms with Crippen LogP contribution in [0.1, 0.15) is 47.8 Å². The lowest BCUT2D eigenvalue weighted by molar-refractivity contribution is -0.121. The highest BCUT2D eigenvalue weighted by Gasteiger charge is 2.20. The number of aromatic nitrogens is 1. The van der Waals surface area contributed by atoms with Crippen LogP contribution in [0.4, 0.5) is 0 Å². The zero-order chi connectivity index (χ0) is 13.0. The number of rotatable bonds is 2. The Morgan fingerprint density at radius 1 is 1.50 bits per heavy atom. The van der Waals surface area contributed by atoms with Gasteiger partial charge in [-0.1, -0.05) is 6.42 Å². The maximum absolute atomic E-state index is 11.5. The standard InChI is InChI=1S/C13H16N2O3/c1-18-13(17)9-6-7-14-11(8-9)10-4-2-3-5-12(16)15-10/h6-8,10H,2-5H2,1H3,(H,15,16)/t10-/m0/s1. The van der Waals surface area contributed by atoms with Crippen LogP contribution in [-0.4, -0.2) is 24.0 Å². The van der Waals surface area contributed by atoms with Gasteiger partial charge in [-0.2, -0.15) is 0 Å². The van der Waals surface area contributed by atoms with Gasteiger partial charge in [-0.3, -0.25) is 9.78 Å². The Morgan fingerprint density at radius 3 is 3.11 bits per heavy atom. The summed E-state index contributed by atoms with van der Waals surface area (Å²) in [5.74, 6) is -0.346. The number of methoxy groups -OCH3 is 1. The topological polar surface area (TPSA) is 68.3 Å². The molecule has 5 heteroatoms. The van der Waals surface area contributed by atoms with Crippen molar-refractivity contribution in [1.82, 2.24) is 10.3 Å². The van der Waals surface area contributed by atoms with Gasteiger partial charge in [-0.25, -0.2) is 4.79 Å². The number of nitrogens with zero attached hydrogens (tertiary/aromatic N) is 1. The molecule has 1 aliphatic rings. The predicted octanol–water partition coefficient (Wildman–Crippen LogP) is 1.60. The molecule has 1 fully saturated rings. The number of carbonyl (C=O) groups is 2. The molecule has 0 radical (unpaired) electrons. The molecule has 5 nitrogen and oxygen atoms in total. The molecule has 18 heavy (non-hydrogen) atoms. The molecule has 1 aromatic heterocycles. The van der Waals surface area contributed by atoms with Crippen LogP contribution in [0.2, 0.25) is 0 Å². The number of hydrogen-bond donors (Lipinski definition) is 1. The molecule has 0 bridgehead atoms. The lowest BCUT2D eigenvalue weighted by atomic mass is 10.1. The molecule has 0 saturated carbocycles. The van der Waals surface area contributed by atoms with Crippen LogP contribution in [0.25, 0.3) is 0 Å². The van der Waals surface area contributed by atoms with Gasteiger partial charge >= 0.3 is 5.97 Å². The molecule has 2 heterocycles. The number of amides is 1. The van der Waals surface area contributed by atoms with Crippen LogP contribution in [0, 0.1) is 0 Å². The van der Waals surface area contributed by atoms with Crippen molar-refractivity contribution in [3.63, 3.8) is 0 Å². The summed E-state index contributed by atoms with van der Waals surface area (Å²) in [5.41, 5.74) is 1.18. The Kier molecular flexibility index (Phi) is 3.92. The highest BCUT2D eigenvalue weighted by Crippen LogP contribution is 2.22. The van der Waals surface area contributed by atoms with Crippen molar-refractivity contribution in [3.8, 4) is 0 Å². The Morgan fingerprint density at radius 2 is 2.33 bits per heavy atom. The van der Waals surface area contributed by atoms with Crippen molar-refractivity contribution < 1.29 is 14.3 Å². The summed E-state index contributed by atoms with van der Waals surface area (Å²) in [6.07, 6.45) is 4.86. The maximum Gasteiger partial charge on any atom is 0.337 e. The first-order valence-corrected chi connectivity index (χ1v) is 6.04. The Balaban J connectivity index is 2.21. The summed E-state index contributed by atoms with van der Waals surface area (Å²) in [6.45, 7) is 0. The normalized spacial score (nSPS) is 19.8. The van der Waals surface area contributed by atoms with Gasteiger partial charge in [-0.15, -0.1) is 0 Å². The van der Waals surface area contributed by atoms with E-state index in [2.05, 4.69) is 15.0 Å². The third kappa shape index (κ3) is 2.85. The van der Waals surface area contributed by atoms with E-state index in [1.165, 1.54) is 7.11 Å². The van der Waals surface area contributed by atoms with Gasteiger partial charge in [0.05, 0.1) is 24.4 Å². The molecule has 1 N–H and O–H groups in total. The Bertz CT molecular complexity index is 459. The molecule has 0 spiro atoms. The van der Waals surface area contributed by atoms with Gasteiger partial charge in [0.1, 0.15) is 0 Å². The van der Waals surface area contributed by atoms with Crippen molar-refractivity contribution in [2.24, 2.45) is 0 Å². The minimum Gasteiger partial charge on any atom is -0.465 e. The molecule has 0 aromatic carbocycles. The van der Waals surface area contributed by atoms with E-state index in [1.807, 2.05) is 0 Å². The fourth-order valence-corrected chi connectivity index (χ4v) is 2.08. The van der Waals surface area contributed by atoms with Gasteiger partial charge in [0.25, 0.3) is 0 Å².